The number of thioether (sulfide) groups is 1. The van der Waals surface area contributed by atoms with Gasteiger partial charge in [-0.25, -0.2) is 8.42 Å². The molecule has 6 nitrogen and oxygen atoms in total. The van der Waals surface area contributed by atoms with Gasteiger partial charge in [-0.2, -0.15) is 0 Å². The van der Waals surface area contributed by atoms with E-state index in [-0.39, 0.29) is 10.8 Å². The predicted molar refractivity (Wildman–Crippen MR) is 142 cm³/mol. The lowest BCUT2D eigenvalue weighted by molar-refractivity contribution is 0.0628. The highest BCUT2D eigenvalue weighted by Crippen LogP contribution is 2.26. The minimum Gasteiger partial charge on any atom is -0.336 e. The van der Waals surface area contributed by atoms with Gasteiger partial charge in [0.15, 0.2) is 0 Å². The summed E-state index contributed by atoms with van der Waals surface area (Å²) >= 11 is 1.57. The molecule has 1 heterocycles. The molecule has 0 radical (unpaired) electrons. The zero-order valence-corrected chi connectivity index (χ0v) is 21.8. The number of hydrogen-bond acceptors (Lipinski definition) is 5. The monoisotopic (exact) mass is 509 g/mol. The zero-order valence-electron chi connectivity index (χ0n) is 20.1. The van der Waals surface area contributed by atoms with Crippen LogP contribution in [0, 0.1) is 0 Å². The summed E-state index contributed by atoms with van der Waals surface area (Å²) in [5.41, 5.74) is 2.40. The number of amides is 1. The molecule has 0 N–H and O–H groups in total. The van der Waals surface area contributed by atoms with Crippen LogP contribution in [0.2, 0.25) is 0 Å². The van der Waals surface area contributed by atoms with Crippen molar-refractivity contribution in [1.82, 2.24) is 9.80 Å². The summed E-state index contributed by atoms with van der Waals surface area (Å²) in [6.45, 7) is 6.00. The fraction of sp³-hybridized carbons (Fsp3) is 0.296. The van der Waals surface area contributed by atoms with E-state index in [0.29, 0.717) is 30.9 Å². The number of carbonyl (C=O) groups is 1. The molecule has 1 amide bonds. The van der Waals surface area contributed by atoms with Crippen LogP contribution in [0.15, 0.2) is 88.7 Å². The Hall–Kier alpha value is -2.81. The SMILES string of the molecule is CCN(c1ccc(C(=O)N2CCN(Cc3ccccc3)CC2)cc1)S(=O)(=O)c1ccc(SC)cc1. The minimum absolute atomic E-state index is 0.0190. The maximum absolute atomic E-state index is 13.2. The number of anilines is 1. The number of nitrogens with zero attached hydrogens (tertiary/aromatic N) is 3. The molecule has 0 aromatic heterocycles. The Morgan fingerprint density at radius 3 is 2.09 bits per heavy atom. The number of sulfonamides is 1. The van der Waals surface area contributed by atoms with Crippen LogP contribution in [0.3, 0.4) is 0 Å². The summed E-state index contributed by atoms with van der Waals surface area (Å²) in [7, 11) is -3.69. The molecule has 8 heteroatoms. The first-order valence-corrected chi connectivity index (χ1v) is 14.4. The van der Waals surface area contributed by atoms with Crippen molar-refractivity contribution in [3.63, 3.8) is 0 Å². The smallest absolute Gasteiger partial charge is 0.264 e. The molecule has 1 aliphatic rings. The Bertz CT molecular complexity index is 1220. The predicted octanol–water partition coefficient (Wildman–Crippen LogP) is 4.58. The van der Waals surface area contributed by atoms with Gasteiger partial charge in [0, 0.05) is 49.7 Å². The van der Waals surface area contributed by atoms with Crippen LogP contribution in [-0.4, -0.2) is 63.1 Å². The van der Waals surface area contributed by atoms with E-state index in [1.54, 1.807) is 48.2 Å². The summed E-state index contributed by atoms with van der Waals surface area (Å²) < 4.78 is 27.8. The summed E-state index contributed by atoms with van der Waals surface area (Å²) in [6.07, 6.45) is 1.95. The van der Waals surface area contributed by atoms with Gasteiger partial charge in [0.05, 0.1) is 10.6 Å². The Kier molecular flexibility index (Phi) is 8.15. The number of rotatable bonds is 8. The zero-order chi connectivity index (χ0) is 24.8. The van der Waals surface area contributed by atoms with Crippen LogP contribution in [0.1, 0.15) is 22.8 Å². The fourth-order valence-corrected chi connectivity index (χ4v) is 6.15. The molecule has 1 saturated heterocycles. The van der Waals surface area contributed by atoms with E-state index in [4.69, 9.17) is 0 Å². The molecular formula is C27H31N3O3S2. The fourth-order valence-electron chi connectivity index (χ4n) is 4.27. The van der Waals surface area contributed by atoms with Gasteiger partial charge in [-0.15, -0.1) is 11.8 Å². The van der Waals surface area contributed by atoms with Crippen LogP contribution < -0.4 is 4.31 Å². The Morgan fingerprint density at radius 1 is 0.886 bits per heavy atom. The molecule has 1 aliphatic heterocycles. The molecule has 35 heavy (non-hydrogen) atoms. The van der Waals surface area contributed by atoms with Crippen molar-refractivity contribution in [2.45, 2.75) is 23.3 Å². The van der Waals surface area contributed by atoms with Crippen molar-refractivity contribution in [3.8, 4) is 0 Å². The first-order valence-electron chi connectivity index (χ1n) is 11.7. The molecule has 0 bridgehead atoms. The van der Waals surface area contributed by atoms with E-state index in [1.165, 1.54) is 9.87 Å². The standard InChI is InChI=1S/C27H31N3O3S2/c1-3-30(35(32,33)26-15-13-25(34-2)14-16-26)24-11-9-23(10-12-24)27(31)29-19-17-28(18-20-29)21-22-7-5-4-6-8-22/h4-16H,3,17-21H2,1-2H3. The van der Waals surface area contributed by atoms with E-state index < -0.39 is 10.0 Å². The molecule has 3 aromatic rings. The van der Waals surface area contributed by atoms with E-state index in [2.05, 4.69) is 17.0 Å². The van der Waals surface area contributed by atoms with Crippen molar-refractivity contribution < 1.29 is 13.2 Å². The van der Waals surface area contributed by atoms with Crippen molar-refractivity contribution in [2.24, 2.45) is 0 Å². The van der Waals surface area contributed by atoms with Crippen molar-refractivity contribution in [1.29, 1.82) is 0 Å². The van der Waals surface area contributed by atoms with Crippen LogP contribution in [0.4, 0.5) is 5.69 Å². The second kappa shape index (κ2) is 11.3. The molecule has 3 aromatic carbocycles. The number of piperazine rings is 1. The minimum atomic E-state index is -3.69. The van der Waals surface area contributed by atoms with E-state index in [0.717, 1.165) is 24.5 Å². The second-order valence-electron chi connectivity index (χ2n) is 8.45. The van der Waals surface area contributed by atoms with Gasteiger partial charge in [0.2, 0.25) is 0 Å². The highest BCUT2D eigenvalue weighted by Gasteiger charge is 2.25. The number of hydrogen-bond donors (Lipinski definition) is 0. The maximum Gasteiger partial charge on any atom is 0.264 e. The van der Waals surface area contributed by atoms with Crippen LogP contribution in [0.5, 0.6) is 0 Å². The highest BCUT2D eigenvalue weighted by molar-refractivity contribution is 7.98. The Balaban J connectivity index is 1.40. The first kappa shape index (κ1) is 25.3. The van der Waals surface area contributed by atoms with Gasteiger partial charge in [-0.3, -0.25) is 14.0 Å². The third kappa shape index (κ3) is 5.89. The molecular weight excluding hydrogens is 478 g/mol. The number of benzene rings is 3. The van der Waals surface area contributed by atoms with E-state index >= 15 is 0 Å². The lowest BCUT2D eigenvalue weighted by Crippen LogP contribution is -2.48. The Morgan fingerprint density at radius 2 is 1.51 bits per heavy atom. The molecule has 0 aliphatic carbocycles. The topological polar surface area (TPSA) is 60.9 Å². The molecule has 0 unspecified atom stereocenters. The van der Waals surface area contributed by atoms with Gasteiger partial charge in [-0.05, 0) is 67.3 Å². The molecule has 1 fully saturated rings. The van der Waals surface area contributed by atoms with Gasteiger partial charge in [0.1, 0.15) is 0 Å². The summed E-state index contributed by atoms with van der Waals surface area (Å²) in [5, 5.41) is 0. The molecule has 0 spiro atoms. The van der Waals surface area contributed by atoms with Crippen LogP contribution in [0.25, 0.3) is 0 Å². The molecule has 0 atom stereocenters. The normalized spacial score (nSPS) is 14.6. The average Bonchev–Trinajstić information content (AvgIpc) is 2.90. The number of carbonyl (C=O) groups excluding carboxylic acids is 1. The quantitative estimate of drug-likeness (QED) is 0.416. The van der Waals surface area contributed by atoms with Crippen molar-refractivity contribution in [2.75, 3.05) is 43.3 Å². The lowest BCUT2D eigenvalue weighted by atomic mass is 10.1. The largest absolute Gasteiger partial charge is 0.336 e. The summed E-state index contributed by atoms with van der Waals surface area (Å²) in [5.74, 6) is -0.0190. The van der Waals surface area contributed by atoms with E-state index in [1.807, 2.05) is 48.4 Å². The second-order valence-corrected chi connectivity index (χ2v) is 11.2. The average molecular weight is 510 g/mol. The highest BCUT2D eigenvalue weighted by atomic mass is 32.2. The molecule has 0 saturated carbocycles. The van der Waals surface area contributed by atoms with Crippen molar-refractivity contribution >= 4 is 33.4 Å². The first-order chi connectivity index (χ1) is 16.9. The summed E-state index contributed by atoms with van der Waals surface area (Å²) in [6, 6.07) is 24.1. The van der Waals surface area contributed by atoms with Crippen molar-refractivity contribution in [3.05, 3.63) is 90.0 Å². The summed E-state index contributed by atoms with van der Waals surface area (Å²) in [4.78, 5) is 18.6. The van der Waals surface area contributed by atoms with Gasteiger partial charge in [-0.1, -0.05) is 30.3 Å². The van der Waals surface area contributed by atoms with Gasteiger partial charge >= 0.3 is 0 Å². The van der Waals surface area contributed by atoms with Gasteiger partial charge in [0.25, 0.3) is 15.9 Å². The lowest BCUT2D eigenvalue weighted by Gasteiger charge is -2.35. The maximum atomic E-state index is 13.2. The molecule has 184 valence electrons. The third-order valence-corrected chi connectivity index (χ3v) is 8.91. The molecule has 4 rings (SSSR count). The van der Waals surface area contributed by atoms with Crippen LogP contribution in [-0.2, 0) is 16.6 Å². The van der Waals surface area contributed by atoms with Crippen LogP contribution >= 0.6 is 11.8 Å². The van der Waals surface area contributed by atoms with E-state index in [9.17, 15) is 13.2 Å². The third-order valence-electron chi connectivity index (χ3n) is 6.25. The van der Waals surface area contributed by atoms with Gasteiger partial charge < -0.3 is 4.90 Å². The Labute approximate surface area is 212 Å².